The van der Waals surface area contributed by atoms with Crippen LogP contribution in [0, 0.1) is 0 Å². The highest BCUT2D eigenvalue weighted by atomic mass is 35.5. The highest BCUT2D eigenvalue weighted by molar-refractivity contribution is 6.30. The molecule has 4 rings (SSSR count). The van der Waals surface area contributed by atoms with E-state index in [-0.39, 0.29) is 18.3 Å². The fourth-order valence-corrected chi connectivity index (χ4v) is 3.52. The molecule has 32 heavy (non-hydrogen) atoms. The van der Waals surface area contributed by atoms with Crippen molar-refractivity contribution in [2.24, 2.45) is 0 Å². The number of furan rings is 1. The molecule has 2 aromatic heterocycles. The summed E-state index contributed by atoms with van der Waals surface area (Å²) in [4.78, 5) is 12.5. The van der Waals surface area contributed by atoms with Crippen molar-refractivity contribution in [1.29, 1.82) is 0 Å². The number of hydrogen-bond donors (Lipinski definition) is 1. The van der Waals surface area contributed by atoms with Crippen molar-refractivity contribution in [3.8, 4) is 5.75 Å². The van der Waals surface area contributed by atoms with Gasteiger partial charge in [-0.25, -0.2) is 0 Å². The number of aromatic nitrogens is 2. The smallest absolute Gasteiger partial charge is 0.291 e. The molecule has 4 aromatic rings. The number of benzene rings is 2. The van der Waals surface area contributed by atoms with Crippen LogP contribution in [-0.4, -0.2) is 15.7 Å². The SMILES string of the molecule is CCCc1ccc(OCc2ccc(C(=O)Nc3cnn(Cc4cccc(Cl)c4)c3)o2)cc1. The van der Waals surface area contributed by atoms with Gasteiger partial charge in [0.1, 0.15) is 18.1 Å². The molecule has 0 radical (unpaired) electrons. The number of nitrogens with one attached hydrogen (secondary N) is 1. The molecule has 164 valence electrons. The lowest BCUT2D eigenvalue weighted by atomic mass is 10.1. The number of anilines is 1. The molecule has 6 nitrogen and oxygen atoms in total. The van der Waals surface area contributed by atoms with Gasteiger partial charge < -0.3 is 14.5 Å². The second-order valence-electron chi connectivity index (χ2n) is 7.46. The number of aryl methyl sites for hydroxylation is 1. The molecule has 0 aliphatic heterocycles. The van der Waals surface area contributed by atoms with Gasteiger partial charge in [0.2, 0.25) is 0 Å². The minimum atomic E-state index is -0.345. The Labute approximate surface area is 191 Å². The summed E-state index contributed by atoms with van der Waals surface area (Å²) < 4.78 is 13.1. The molecular weight excluding hydrogens is 426 g/mol. The average molecular weight is 450 g/mol. The summed E-state index contributed by atoms with van der Waals surface area (Å²) in [5, 5.41) is 7.76. The molecule has 0 saturated heterocycles. The summed E-state index contributed by atoms with van der Waals surface area (Å²) in [5.74, 6) is 1.20. The molecular formula is C25H24ClN3O3. The predicted octanol–water partition coefficient (Wildman–Crippen LogP) is 5.96. The maximum Gasteiger partial charge on any atom is 0.291 e. The third-order valence-electron chi connectivity index (χ3n) is 4.85. The maximum atomic E-state index is 12.5. The molecule has 0 saturated carbocycles. The first-order valence-corrected chi connectivity index (χ1v) is 10.9. The molecule has 0 bridgehead atoms. The summed E-state index contributed by atoms with van der Waals surface area (Å²) in [7, 11) is 0. The Hall–Kier alpha value is -3.51. The van der Waals surface area contributed by atoms with Gasteiger partial charge in [-0.1, -0.05) is 49.2 Å². The number of carbonyl (C=O) groups excluding carboxylic acids is 1. The Bertz CT molecular complexity index is 1180. The van der Waals surface area contributed by atoms with Gasteiger partial charge in [-0.2, -0.15) is 5.10 Å². The predicted molar refractivity (Wildman–Crippen MR) is 124 cm³/mol. The maximum absolute atomic E-state index is 12.5. The summed E-state index contributed by atoms with van der Waals surface area (Å²) in [6, 6.07) is 19.0. The summed E-state index contributed by atoms with van der Waals surface area (Å²) in [6.07, 6.45) is 5.52. The number of carbonyl (C=O) groups is 1. The van der Waals surface area contributed by atoms with Gasteiger partial charge in [-0.3, -0.25) is 9.48 Å². The zero-order chi connectivity index (χ0) is 22.3. The van der Waals surface area contributed by atoms with Crippen molar-refractivity contribution in [1.82, 2.24) is 9.78 Å². The molecule has 0 aliphatic rings. The minimum absolute atomic E-state index is 0.212. The molecule has 0 atom stereocenters. The number of hydrogen-bond acceptors (Lipinski definition) is 4. The van der Waals surface area contributed by atoms with Gasteiger partial charge in [0.25, 0.3) is 5.91 Å². The summed E-state index contributed by atoms with van der Waals surface area (Å²) in [6.45, 7) is 2.96. The molecule has 0 spiro atoms. The molecule has 0 aliphatic carbocycles. The van der Waals surface area contributed by atoms with Crippen LogP contribution in [0.2, 0.25) is 5.02 Å². The lowest BCUT2D eigenvalue weighted by Gasteiger charge is -2.05. The molecule has 7 heteroatoms. The normalized spacial score (nSPS) is 10.8. The first kappa shape index (κ1) is 21.7. The molecule has 0 unspecified atom stereocenters. The van der Waals surface area contributed by atoms with E-state index in [2.05, 4.69) is 29.5 Å². The standard InChI is InChI=1S/C25H24ClN3O3/c1-2-4-18-7-9-22(10-8-18)31-17-23-11-12-24(32-23)25(30)28-21-14-27-29(16-21)15-19-5-3-6-20(26)13-19/h3,5-14,16H,2,4,15,17H2,1H3,(H,28,30). The number of halogens is 1. The van der Waals surface area contributed by atoms with E-state index in [1.54, 1.807) is 29.2 Å². The van der Waals surface area contributed by atoms with Crippen molar-refractivity contribution in [3.05, 3.63) is 101 Å². The van der Waals surface area contributed by atoms with E-state index in [1.807, 2.05) is 36.4 Å². The van der Waals surface area contributed by atoms with Crippen LogP contribution in [-0.2, 0) is 19.6 Å². The number of amides is 1. The van der Waals surface area contributed by atoms with E-state index < -0.39 is 0 Å². The van der Waals surface area contributed by atoms with E-state index in [9.17, 15) is 4.79 Å². The van der Waals surface area contributed by atoms with E-state index in [4.69, 9.17) is 20.8 Å². The van der Waals surface area contributed by atoms with Crippen molar-refractivity contribution in [2.75, 3.05) is 5.32 Å². The van der Waals surface area contributed by atoms with Gasteiger partial charge in [0.05, 0.1) is 18.4 Å². The van der Waals surface area contributed by atoms with Crippen molar-refractivity contribution in [3.63, 3.8) is 0 Å². The van der Waals surface area contributed by atoms with Crippen molar-refractivity contribution < 1.29 is 13.9 Å². The number of nitrogens with zero attached hydrogens (tertiary/aromatic N) is 2. The van der Waals surface area contributed by atoms with Gasteiger partial charge in [0, 0.05) is 11.2 Å². The molecule has 1 amide bonds. The van der Waals surface area contributed by atoms with Crippen molar-refractivity contribution in [2.45, 2.75) is 32.9 Å². The molecule has 0 fully saturated rings. The van der Waals surface area contributed by atoms with Crippen LogP contribution in [0.4, 0.5) is 5.69 Å². The van der Waals surface area contributed by atoms with Crippen LogP contribution in [0.5, 0.6) is 5.75 Å². The third-order valence-corrected chi connectivity index (χ3v) is 5.09. The minimum Gasteiger partial charge on any atom is -0.486 e. The summed E-state index contributed by atoms with van der Waals surface area (Å²) in [5.41, 5.74) is 2.89. The van der Waals surface area contributed by atoms with Crippen LogP contribution >= 0.6 is 11.6 Å². The van der Waals surface area contributed by atoms with E-state index >= 15 is 0 Å². The number of ether oxygens (including phenoxy) is 1. The lowest BCUT2D eigenvalue weighted by Crippen LogP contribution is -2.10. The fourth-order valence-electron chi connectivity index (χ4n) is 3.30. The first-order chi connectivity index (χ1) is 15.6. The highest BCUT2D eigenvalue weighted by Crippen LogP contribution is 2.18. The van der Waals surface area contributed by atoms with Gasteiger partial charge in [-0.15, -0.1) is 0 Å². The number of rotatable bonds is 9. The Morgan fingerprint density at radius 2 is 1.97 bits per heavy atom. The zero-order valence-electron chi connectivity index (χ0n) is 17.8. The van der Waals surface area contributed by atoms with Crippen LogP contribution in [0.15, 0.2) is 77.5 Å². The first-order valence-electron chi connectivity index (χ1n) is 10.5. The highest BCUT2D eigenvalue weighted by Gasteiger charge is 2.13. The van der Waals surface area contributed by atoms with Crippen molar-refractivity contribution >= 4 is 23.2 Å². The largest absolute Gasteiger partial charge is 0.486 e. The topological polar surface area (TPSA) is 69.3 Å². The fraction of sp³-hybridized carbons (Fsp3) is 0.200. The Morgan fingerprint density at radius 3 is 2.75 bits per heavy atom. The lowest BCUT2D eigenvalue weighted by molar-refractivity contribution is 0.0992. The van der Waals surface area contributed by atoms with Crippen LogP contribution in [0.25, 0.3) is 0 Å². The second-order valence-corrected chi connectivity index (χ2v) is 7.90. The Morgan fingerprint density at radius 1 is 1.12 bits per heavy atom. The van der Waals surface area contributed by atoms with E-state index in [1.165, 1.54) is 5.56 Å². The summed E-state index contributed by atoms with van der Waals surface area (Å²) >= 11 is 6.02. The van der Waals surface area contributed by atoms with Gasteiger partial charge in [0.15, 0.2) is 5.76 Å². The van der Waals surface area contributed by atoms with Crippen LogP contribution in [0.1, 0.15) is 40.8 Å². The Kier molecular flexibility index (Phi) is 6.92. The molecule has 1 N–H and O–H groups in total. The quantitative estimate of drug-likeness (QED) is 0.342. The monoisotopic (exact) mass is 449 g/mol. The second kappa shape index (κ2) is 10.2. The van der Waals surface area contributed by atoms with Crippen LogP contribution < -0.4 is 10.1 Å². The molecule has 2 heterocycles. The zero-order valence-corrected chi connectivity index (χ0v) is 18.5. The Balaban J connectivity index is 1.30. The van der Waals surface area contributed by atoms with E-state index in [0.29, 0.717) is 23.0 Å². The van der Waals surface area contributed by atoms with Crippen LogP contribution in [0.3, 0.4) is 0 Å². The third kappa shape index (κ3) is 5.80. The average Bonchev–Trinajstić information content (AvgIpc) is 3.43. The van der Waals surface area contributed by atoms with E-state index in [0.717, 1.165) is 24.2 Å². The van der Waals surface area contributed by atoms with Gasteiger partial charge in [-0.05, 0) is 53.9 Å². The molecule has 2 aromatic carbocycles. The van der Waals surface area contributed by atoms with Gasteiger partial charge >= 0.3 is 0 Å².